The van der Waals surface area contributed by atoms with Crippen molar-refractivity contribution in [2.24, 2.45) is 11.3 Å². The highest BCUT2D eigenvalue weighted by Crippen LogP contribution is 2.47. The second-order valence-corrected chi connectivity index (χ2v) is 7.63. The van der Waals surface area contributed by atoms with E-state index in [4.69, 9.17) is 0 Å². The lowest BCUT2D eigenvalue weighted by Gasteiger charge is -2.39. The Hall–Kier alpha value is -0.500. The van der Waals surface area contributed by atoms with Crippen molar-refractivity contribution in [1.29, 1.82) is 0 Å². The van der Waals surface area contributed by atoms with E-state index in [2.05, 4.69) is 48.8 Å². The number of rotatable bonds is 1. The Balaban J connectivity index is 2.31. The summed E-state index contributed by atoms with van der Waals surface area (Å²) in [5.74, 6) is 1.79. The zero-order valence-electron chi connectivity index (χ0n) is 11.8. The lowest BCUT2D eigenvalue weighted by Crippen LogP contribution is -2.26. The molecule has 100 valence electrons. The van der Waals surface area contributed by atoms with Crippen molar-refractivity contribution in [3.05, 3.63) is 27.7 Å². The van der Waals surface area contributed by atoms with Crippen LogP contribution in [0.1, 0.15) is 57.1 Å². The van der Waals surface area contributed by atoms with Crippen molar-refractivity contribution in [1.82, 2.24) is 0 Å². The third-order valence-corrected chi connectivity index (χ3v) is 4.74. The highest BCUT2D eigenvalue weighted by atomic mass is 79.9. The minimum Gasteiger partial charge on any atom is -0.506 e. The molecule has 0 amide bonds. The molecule has 1 aromatic carbocycles. The second kappa shape index (κ2) is 4.88. The average Bonchev–Trinajstić information content (AvgIpc) is 2.22. The fourth-order valence-electron chi connectivity index (χ4n) is 3.60. The van der Waals surface area contributed by atoms with Crippen molar-refractivity contribution in [3.8, 4) is 5.75 Å². The third-order valence-electron chi connectivity index (χ3n) is 4.13. The molecule has 18 heavy (non-hydrogen) atoms. The molecule has 1 fully saturated rings. The first kappa shape index (κ1) is 13.9. The lowest BCUT2D eigenvalue weighted by molar-refractivity contribution is 0.168. The van der Waals surface area contributed by atoms with Crippen LogP contribution in [0.2, 0.25) is 0 Å². The van der Waals surface area contributed by atoms with E-state index in [1.807, 2.05) is 6.92 Å². The minimum atomic E-state index is 0.377. The van der Waals surface area contributed by atoms with Crippen molar-refractivity contribution in [2.75, 3.05) is 0 Å². The molecule has 2 atom stereocenters. The van der Waals surface area contributed by atoms with Crippen molar-refractivity contribution < 1.29 is 5.11 Å². The van der Waals surface area contributed by atoms with Crippen LogP contribution in [0.15, 0.2) is 16.6 Å². The molecule has 2 heteroatoms. The van der Waals surface area contributed by atoms with Gasteiger partial charge in [-0.3, -0.25) is 0 Å². The van der Waals surface area contributed by atoms with Crippen LogP contribution in [0, 0.1) is 18.3 Å². The number of hydrogen-bond donors (Lipinski definition) is 1. The first-order valence-electron chi connectivity index (χ1n) is 6.77. The Morgan fingerprint density at radius 2 is 1.94 bits per heavy atom. The number of hydrogen-bond acceptors (Lipinski definition) is 1. The van der Waals surface area contributed by atoms with Gasteiger partial charge in [0.25, 0.3) is 0 Å². The Morgan fingerprint density at radius 3 is 2.50 bits per heavy atom. The van der Waals surface area contributed by atoms with Crippen molar-refractivity contribution in [3.63, 3.8) is 0 Å². The standard InChI is InChI=1S/C16H23BrO/c1-10-5-13(9-16(3,4)8-10)12-6-11(2)15(18)14(17)7-12/h6-7,10,13,18H,5,8-9H2,1-4H3/t10?,13-/m0/s1. The van der Waals surface area contributed by atoms with Gasteiger partial charge in [0.15, 0.2) is 0 Å². The molecule has 1 aromatic rings. The molecule has 0 bridgehead atoms. The summed E-state index contributed by atoms with van der Waals surface area (Å²) in [4.78, 5) is 0. The number of benzene rings is 1. The molecule has 0 spiro atoms. The van der Waals surface area contributed by atoms with Gasteiger partial charge in [-0.15, -0.1) is 0 Å². The van der Waals surface area contributed by atoms with Crippen LogP contribution in [-0.4, -0.2) is 5.11 Å². The van der Waals surface area contributed by atoms with Crippen LogP contribution in [0.4, 0.5) is 0 Å². The number of halogens is 1. The zero-order valence-corrected chi connectivity index (χ0v) is 13.3. The molecular formula is C16H23BrO. The predicted molar refractivity (Wildman–Crippen MR) is 80.1 cm³/mol. The number of aryl methyl sites for hydroxylation is 1. The van der Waals surface area contributed by atoms with Crippen LogP contribution in [-0.2, 0) is 0 Å². The molecule has 0 aliphatic heterocycles. The Labute approximate surface area is 119 Å². The van der Waals surface area contributed by atoms with Gasteiger partial charge in [0.05, 0.1) is 4.47 Å². The largest absolute Gasteiger partial charge is 0.506 e. The monoisotopic (exact) mass is 310 g/mol. The molecule has 1 unspecified atom stereocenters. The normalized spacial score (nSPS) is 27.2. The fraction of sp³-hybridized carbons (Fsp3) is 0.625. The highest BCUT2D eigenvalue weighted by Gasteiger charge is 2.32. The molecule has 1 aliphatic carbocycles. The van der Waals surface area contributed by atoms with Gasteiger partial charge in [-0.25, -0.2) is 0 Å². The predicted octanol–water partition coefficient (Wildman–Crippen LogP) is 5.39. The Bertz CT molecular complexity index is 427. The van der Waals surface area contributed by atoms with Crippen molar-refractivity contribution in [2.45, 2.75) is 52.9 Å². The van der Waals surface area contributed by atoms with Crippen LogP contribution in [0.25, 0.3) is 0 Å². The second-order valence-electron chi connectivity index (χ2n) is 6.78. The van der Waals surface area contributed by atoms with E-state index in [1.165, 1.54) is 24.8 Å². The van der Waals surface area contributed by atoms with Crippen LogP contribution >= 0.6 is 15.9 Å². The molecule has 1 saturated carbocycles. The molecule has 0 saturated heterocycles. The lowest BCUT2D eigenvalue weighted by atomic mass is 9.66. The maximum Gasteiger partial charge on any atom is 0.132 e. The summed E-state index contributed by atoms with van der Waals surface area (Å²) in [6, 6.07) is 4.25. The van der Waals surface area contributed by atoms with Crippen LogP contribution in [0.5, 0.6) is 5.75 Å². The molecular weight excluding hydrogens is 288 g/mol. The smallest absolute Gasteiger partial charge is 0.132 e. The maximum absolute atomic E-state index is 9.84. The average molecular weight is 311 g/mol. The molecule has 0 heterocycles. The number of aromatic hydroxyl groups is 1. The van der Waals surface area contributed by atoms with E-state index >= 15 is 0 Å². The van der Waals surface area contributed by atoms with Gasteiger partial charge in [0.1, 0.15) is 5.75 Å². The van der Waals surface area contributed by atoms with Gasteiger partial charge in [-0.05, 0) is 76.6 Å². The van der Waals surface area contributed by atoms with E-state index in [-0.39, 0.29) is 0 Å². The summed E-state index contributed by atoms with van der Waals surface area (Å²) in [6.07, 6.45) is 3.83. The topological polar surface area (TPSA) is 20.2 Å². The fourth-order valence-corrected chi connectivity index (χ4v) is 4.18. The number of phenols is 1. The first-order chi connectivity index (χ1) is 8.28. The van der Waals surface area contributed by atoms with Crippen molar-refractivity contribution >= 4 is 15.9 Å². The molecule has 1 N–H and O–H groups in total. The zero-order chi connectivity index (χ0) is 13.5. The molecule has 0 aromatic heterocycles. The first-order valence-corrected chi connectivity index (χ1v) is 7.57. The summed E-state index contributed by atoms with van der Waals surface area (Å²) in [6.45, 7) is 9.08. The minimum absolute atomic E-state index is 0.377. The summed E-state index contributed by atoms with van der Waals surface area (Å²) < 4.78 is 0.827. The third kappa shape index (κ3) is 2.90. The van der Waals surface area contributed by atoms with E-state index in [9.17, 15) is 5.11 Å². The summed E-state index contributed by atoms with van der Waals surface area (Å²) >= 11 is 3.46. The SMILES string of the molecule is Cc1cc([C@H]2CC(C)CC(C)(C)C2)cc(Br)c1O. The highest BCUT2D eigenvalue weighted by molar-refractivity contribution is 9.10. The van der Waals surface area contributed by atoms with E-state index < -0.39 is 0 Å². The summed E-state index contributed by atoms with van der Waals surface area (Å²) in [5.41, 5.74) is 2.77. The van der Waals surface area contributed by atoms with Gasteiger partial charge in [0.2, 0.25) is 0 Å². The van der Waals surface area contributed by atoms with Gasteiger partial charge >= 0.3 is 0 Å². The van der Waals surface area contributed by atoms with E-state index in [1.54, 1.807) is 0 Å². The van der Waals surface area contributed by atoms with Crippen LogP contribution in [0.3, 0.4) is 0 Å². The quantitative estimate of drug-likeness (QED) is 0.737. The van der Waals surface area contributed by atoms with Gasteiger partial charge in [0, 0.05) is 0 Å². The summed E-state index contributed by atoms with van der Waals surface area (Å²) in [5, 5.41) is 9.84. The van der Waals surface area contributed by atoms with Gasteiger partial charge in [-0.1, -0.05) is 26.8 Å². The van der Waals surface area contributed by atoms with Crippen LogP contribution < -0.4 is 0 Å². The van der Waals surface area contributed by atoms with Gasteiger partial charge in [-0.2, -0.15) is 0 Å². The Kier molecular flexibility index (Phi) is 3.77. The van der Waals surface area contributed by atoms with Gasteiger partial charge < -0.3 is 5.11 Å². The molecule has 1 nitrogen and oxygen atoms in total. The molecule has 1 aliphatic rings. The van der Waals surface area contributed by atoms with E-state index in [0.717, 1.165) is 16.0 Å². The molecule has 0 radical (unpaired) electrons. The maximum atomic E-state index is 9.84. The number of phenolic OH excluding ortho intramolecular Hbond substituents is 1. The Morgan fingerprint density at radius 1 is 1.28 bits per heavy atom. The molecule has 2 rings (SSSR count). The van der Waals surface area contributed by atoms with E-state index in [0.29, 0.717) is 17.1 Å². The summed E-state index contributed by atoms with van der Waals surface area (Å²) in [7, 11) is 0.